The molecule has 3 rings (SSSR count). The quantitative estimate of drug-likeness (QED) is 0.662. The maximum Gasteiger partial charge on any atom is 0.244 e. The van der Waals surface area contributed by atoms with Gasteiger partial charge in [0, 0.05) is 11.6 Å². The Balaban J connectivity index is 2.07. The maximum absolute atomic E-state index is 11.2. The summed E-state index contributed by atoms with van der Waals surface area (Å²) in [4.78, 5) is 11.2. The van der Waals surface area contributed by atoms with Gasteiger partial charge in [0.2, 0.25) is 5.91 Å². The summed E-state index contributed by atoms with van der Waals surface area (Å²) in [6.07, 6.45) is 3.29. The number of rotatable bonds is 0. The molecule has 1 aromatic rings. The maximum atomic E-state index is 11.2. The highest BCUT2D eigenvalue weighted by atomic mass is 16.5. The van der Waals surface area contributed by atoms with Crippen molar-refractivity contribution < 1.29 is 9.53 Å². The Kier molecular flexibility index (Phi) is 1.42. The highest BCUT2D eigenvalue weighted by Crippen LogP contribution is 2.37. The van der Waals surface area contributed by atoms with Crippen molar-refractivity contribution in [2.45, 2.75) is 12.1 Å². The predicted molar refractivity (Wildman–Crippen MR) is 50.9 cm³/mol. The Morgan fingerprint density at radius 1 is 1.29 bits per heavy atom. The molecule has 0 radical (unpaired) electrons. The smallest absolute Gasteiger partial charge is 0.244 e. The molecule has 0 fully saturated rings. The van der Waals surface area contributed by atoms with Crippen LogP contribution in [0.15, 0.2) is 36.4 Å². The molecule has 14 heavy (non-hydrogen) atoms. The molecule has 2 unspecified atom stereocenters. The second-order valence-corrected chi connectivity index (χ2v) is 3.47. The first kappa shape index (κ1) is 7.62. The number of carbonyl (C=O) groups is 1. The summed E-state index contributed by atoms with van der Waals surface area (Å²) in [5.41, 5.74) is 1.07. The van der Waals surface area contributed by atoms with E-state index in [0.717, 1.165) is 11.3 Å². The van der Waals surface area contributed by atoms with Crippen molar-refractivity contribution in [1.29, 1.82) is 0 Å². The standard InChI is InChI=1S/C11H9NO2/c13-10-6-5-9-11(12-10)7-3-1-2-4-8(7)14-9/h1-6,9,11H,(H,12,13). The summed E-state index contributed by atoms with van der Waals surface area (Å²) in [6.45, 7) is 0. The normalized spacial score (nSPS) is 27.6. The van der Waals surface area contributed by atoms with Crippen LogP contribution in [0.5, 0.6) is 5.75 Å². The van der Waals surface area contributed by atoms with E-state index in [1.54, 1.807) is 0 Å². The van der Waals surface area contributed by atoms with E-state index in [4.69, 9.17) is 4.74 Å². The molecule has 0 bridgehead atoms. The van der Waals surface area contributed by atoms with Gasteiger partial charge in [0.05, 0.1) is 6.04 Å². The van der Waals surface area contributed by atoms with Crippen molar-refractivity contribution in [3.8, 4) is 5.75 Å². The minimum atomic E-state index is -0.0495. The molecule has 0 spiro atoms. The number of fused-ring (bicyclic) bond motifs is 3. The van der Waals surface area contributed by atoms with Crippen LogP contribution in [0, 0.1) is 0 Å². The van der Waals surface area contributed by atoms with Crippen LogP contribution in [-0.4, -0.2) is 12.0 Å². The molecular weight excluding hydrogens is 178 g/mol. The Morgan fingerprint density at radius 2 is 2.14 bits per heavy atom. The molecular formula is C11H9NO2. The third-order valence-electron chi connectivity index (χ3n) is 2.58. The van der Waals surface area contributed by atoms with Crippen LogP contribution >= 0.6 is 0 Å². The highest BCUT2D eigenvalue weighted by Gasteiger charge is 2.35. The van der Waals surface area contributed by atoms with Crippen molar-refractivity contribution in [1.82, 2.24) is 5.32 Å². The summed E-state index contributed by atoms with van der Waals surface area (Å²) in [5.74, 6) is 0.820. The number of hydrogen-bond acceptors (Lipinski definition) is 2. The minimum absolute atomic E-state index is 0.0105. The van der Waals surface area contributed by atoms with Gasteiger partial charge < -0.3 is 10.1 Å². The Bertz CT molecular complexity index is 425. The van der Waals surface area contributed by atoms with Gasteiger partial charge in [-0.1, -0.05) is 18.2 Å². The number of nitrogens with one attached hydrogen (secondary N) is 1. The van der Waals surface area contributed by atoms with Crippen molar-refractivity contribution >= 4 is 5.91 Å². The fourth-order valence-corrected chi connectivity index (χ4v) is 1.93. The van der Waals surface area contributed by atoms with Gasteiger partial charge in [0.25, 0.3) is 0 Å². The highest BCUT2D eigenvalue weighted by molar-refractivity contribution is 5.89. The molecule has 2 heterocycles. The summed E-state index contributed by atoms with van der Waals surface area (Å²) < 4.78 is 5.66. The molecule has 2 aliphatic heterocycles. The van der Waals surface area contributed by atoms with Crippen molar-refractivity contribution in [2.75, 3.05) is 0 Å². The monoisotopic (exact) mass is 187 g/mol. The Morgan fingerprint density at radius 3 is 3.07 bits per heavy atom. The van der Waals surface area contributed by atoms with Gasteiger partial charge >= 0.3 is 0 Å². The predicted octanol–water partition coefficient (Wildman–Crippen LogP) is 1.17. The zero-order chi connectivity index (χ0) is 9.54. The summed E-state index contributed by atoms with van der Waals surface area (Å²) in [6, 6.07) is 7.79. The third-order valence-corrected chi connectivity index (χ3v) is 2.58. The third kappa shape index (κ3) is 0.954. The second kappa shape index (κ2) is 2.61. The lowest BCUT2D eigenvalue weighted by Gasteiger charge is -2.20. The molecule has 1 aromatic carbocycles. The van der Waals surface area contributed by atoms with E-state index in [-0.39, 0.29) is 18.1 Å². The van der Waals surface area contributed by atoms with Crippen LogP contribution in [0.3, 0.4) is 0 Å². The van der Waals surface area contributed by atoms with Gasteiger partial charge in [-0.2, -0.15) is 0 Å². The first-order valence-electron chi connectivity index (χ1n) is 4.59. The molecule has 2 aliphatic rings. The first-order valence-corrected chi connectivity index (χ1v) is 4.59. The van der Waals surface area contributed by atoms with Gasteiger partial charge in [0.15, 0.2) is 0 Å². The molecule has 2 atom stereocenters. The Labute approximate surface area is 81.4 Å². The van der Waals surface area contributed by atoms with E-state index in [9.17, 15) is 4.79 Å². The zero-order valence-corrected chi connectivity index (χ0v) is 7.44. The molecule has 0 saturated carbocycles. The van der Waals surface area contributed by atoms with E-state index in [1.807, 2.05) is 30.3 Å². The van der Waals surface area contributed by atoms with Gasteiger partial charge in [-0.05, 0) is 12.1 Å². The van der Waals surface area contributed by atoms with Crippen LogP contribution < -0.4 is 10.1 Å². The minimum Gasteiger partial charge on any atom is -0.483 e. The van der Waals surface area contributed by atoms with E-state index in [0.29, 0.717) is 0 Å². The van der Waals surface area contributed by atoms with Gasteiger partial charge in [0.1, 0.15) is 11.9 Å². The average molecular weight is 187 g/mol. The summed E-state index contributed by atoms with van der Waals surface area (Å²) in [7, 11) is 0. The Hall–Kier alpha value is -1.77. The fourth-order valence-electron chi connectivity index (χ4n) is 1.93. The average Bonchev–Trinajstić information content (AvgIpc) is 2.56. The van der Waals surface area contributed by atoms with Gasteiger partial charge in [-0.3, -0.25) is 4.79 Å². The number of hydrogen-bond donors (Lipinski definition) is 1. The fraction of sp³-hybridized carbons (Fsp3) is 0.182. The van der Waals surface area contributed by atoms with Gasteiger partial charge in [-0.15, -0.1) is 0 Å². The molecule has 70 valence electrons. The topological polar surface area (TPSA) is 38.3 Å². The second-order valence-electron chi connectivity index (χ2n) is 3.47. The number of carbonyl (C=O) groups excluding carboxylic acids is 1. The molecule has 1 N–H and O–H groups in total. The molecule has 1 amide bonds. The van der Waals surface area contributed by atoms with Crippen molar-refractivity contribution in [2.24, 2.45) is 0 Å². The molecule has 3 nitrogen and oxygen atoms in total. The van der Waals surface area contributed by atoms with E-state index in [1.165, 1.54) is 6.08 Å². The molecule has 3 heteroatoms. The number of benzene rings is 1. The molecule has 0 aromatic heterocycles. The lowest BCUT2D eigenvalue weighted by molar-refractivity contribution is -0.118. The van der Waals surface area contributed by atoms with Crippen LogP contribution in [0.25, 0.3) is 0 Å². The SMILES string of the molecule is O=C1C=CC2Oc3ccccc3C2N1. The van der Waals surface area contributed by atoms with Crippen LogP contribution in [0.4, 0.5) is 0 Å². The number of ether oxygens (including phenoxy) is 1. The van der Waals surface area contributed by atoms with E-state index >= 15 is 0 Å². The van der Waals surface area contributed by atoms with Crippen LogP contribution in [-0.2, 0) is 4.79 Å². The van der Waals surface area contributed by atoms with E-state index in [2.05, 4.69) is 5.32 Å². The first-order chi connectivity index (χ1) is 6.84. The lowest BCUT2D eigenvalue weighted by Crippen LogP contribution is -2.37. The van der Waals surface area contributed by atoms with Crippen molar-refractivity contribution in [3.63, 3.8) is 0 Å². The van der Waals surface area contributed by atoms with Gasteiger partial charge in [-0.25, -0.2) is 0 Å². The van der Waals surface area contributed by atoms with Crippen LogP contribution in [0.2, 0.25) is 0 Å². The van der Waals surface area contributed by atoms with E-state index < -0.39 is 0 Å². The van der Waals surface area contributed by atoms with Crippen molar-refractivity contribution in [3.05, 3.63) is 42.0 Å². The number of amides is 1. The summed E-state index contributed by atoms with van der Waals surface area (Å²) in [5, 5.41) is 2.88. The largest absolute Gasteiger partial charge is 0.483 e. The lowest BCUT2D eigenvalue weighted by atomic mass is 10.0. The summed E-state index contributed by atoms with van der Waals surface area (Å²) >= 11 is 0. The van der Waals surface area contributed by atoms with Crippen LogP contribution in [0.1, 0.15) is 11.6 Å². The number of para-hydroxylation sites is 1. The zero-order valence-electron chi connectivity index (χ0n) is 7.44. The molecule has 0 saturated heterocycles. The molecule has 0 aliphatic carbocycles.